The van der Waals surface area contributed by atoms with Crippen molar-refractivity contribution in [3.8, 4) is 11.6 Å². The molecule has 3 aromatic rings. The Labute approximate surface area is 165 Å². The van der Waals surface area contributed by atoms with Crippen molar-refractivity contribution in [3.05, 3.63) is 71.2 Å². The van der Waals surface area contributed by atoms with E-state index in [9.17, 15) is 4.79 Å². The number of hydrogen-bond donors (Lipinski definition) is 1. The summed E-state index contributed by atoms with van der Waals surface area (Å²) < 4.78 is 7.59. The number of aryl methyl sites for hydroxylation is 2. The lowest BCUT2D eigenvalue weighted by atomic mass is 10.1. The largest absolute Gasteiger partial charge is 0.491 e. The third-order valence-electron chi connectivity index (χ3n) is 4.51. The molecule has 0 bridgehead atoms. The van der Waals surface area contributed by atoms with Gasteiger partial charge in [0.15, 0.2) is 5.82 Å². The average Bonchev–Trinajstić information content (AvgIpc) is 3.13. The van der Waals surface area contributed by atoms with Gasteiger partial charge in [-0.2, -0.15) is 5.10 Å². The highest BCUT2D eigenvalue weighted by molar-refractivity contribution is 5.95. The number of hydrogen-bond acceptors (Lipinski definition) is 4. The summed E-state index contributed by atoms with van der Waals surface area (Å²) in [5.74, 6) is 1.54. The van der Waals surface area contributed by atoms with Crippen molar-refractivity contribution in [3.63, 3.8) is 0 Å². The van der Waals surface area contributed by atoms with Crippen molar-refractivity contribution in [2.24, 2.45) is 0 Å². The van der Waals surface area contributed by atoms with Gasteiger partial charge in [0.05, 0.1) is 24.0 Å². The Morgan fingerprint density at radius 1 is 1.14 bits per heavy atom. The summed E-state index contributed by atoms with van der Waals surface area (Å²) in [6.45, 7) is 8.93. The maximum Gasteiger partial charge on any atom is 0.254 e. The van der Waals surface area contributed by atoms with Crippen LogP contribution in [0.4, 0.5) is 0 Å². The predicted octanol–water partition coefficient (Wildman–Crippen LogP) is 3.82. The Morgan fingerprint density at radius 2 is 1.89 bits per heavy atom. The third kappa shape index (κ3) is 4.22. The van der Waals surface area contributed by atoms with Crippen LogP contribution in [0, 0.1) is 13.8 Å². The van der Waals surface area contributed by atoms with Crippen molar-refractivity contribution in [1.82, 2.24) is 20.1 Å². The van der Waals surface area contributed by atoms with E-state index in [1.165, 1.54) is 0 Å². The van der Waals surface area contributed by atoms with Crippen LogP contribution in [0.5, 0.6) is 5.75 Å². The average molecular weight is 378 g/mol. The fourth-order valence-corrected chi connectivity index (χ4v) is 3.19. The van der Waals surface area contributed by atoms with Crippen LogP contribution in [0.3, 0.4) is 0 Å². The fraction of sp³-hybridized carbons (Fsp3) is 0.318. The molecule has 1 amide bonds. The smallest absolute Gasteiger partial charge is 0.254 e. The zero-order chi connectivity index (χ0) is 20.1. The Morgan fingerprint density at radius 3 is 2.54 bits per heavy atom. The molecule has 0 fully saturated rings. The second-order valence-corrected chi connectivity index (χ2v) is 7.02. The van der Waals surface area contributed by atoms with Crippen LogP contribution in [0.1, 0.15) is 46.9 Å². The van der Waals surface area contributed by atoms with Crippen LogP contribution >= 0.6 is 0 Å². The number of para-hydroxylation sites is 1. The monoisotopic (exact) mass is 378 g/mol. The molecule has 0 unspecified atom stereocenters. The molecule has 0 aliphatic carbocycles. The Balaban J connectivity index is 1.67. The summed E-state index contributed by atoms with van der Waals surface area (Å²) >= 11 is 0. The molecular formula is C22H26N4O2. The van der Waals surface area contributed by atoms with Gasteiger partial charge in [0.2, 0.25) is 0 Å². The van der Waals surface area contributed by atoms with Crippen molar-refractivity contribution in [1.29, 1.82) is 0 Å². The maximum atomic E-state index is 12.7. The molecule has 0 aliphatic rings. The highest BCUT2D eigenvalue weighted by Gasteiger charge is 2.21. The lowest BCUT2D eigenvalue weighted by Crippen LogP contribution is -2.29. The number of rotatable bonds is 7. The van der Waals surface area contributed by atoms with E-state index in [0.29, 0.717) is 24.5 Å². The first-order valence-electron chi connectivity index (χ1n) is 9.45. The first kappa shape index (κ1) is 19.6. The summed E-state index contributed by atoms with van der Waals surface area (Å²) in [5.41, 5.74) is 3.58. The first-order chi connectivity index (χ1) is 13.5. The highest BCUT2D eigenvalue weighted by atomic mass is 16.5. The molecule has 2 aromatic heterocycles. The van der Waals surface area contributed by atoms with E-state index in [0.717, 1.165) is 22.6 Å². The van der Waals surface area contributed by atoms with Crippen molar-refractivity contribution in [2.75, 3.05) is 13.2 Å². The minimum atomic E-state index is -0.156. The number of carbonyl (C=O) groups excluding carboxylic acids is 1. The molecule has 6 nitrogen and oxygen atoms in total. The second kappa shape index (κ2) is 8.69. The van der Waals surface area contributed by atoms with Crippen LogP contribution in [-0.4, -0.2) is 33.8 Å². The lowest BCUT2D eigenvalue weighted by molar-refractivity contribution is 0.0945. The van der Waals surface area contributed by atoms with Gasteiger partial charge in [-0.25, -0.2) is 9.67 Å². The van der Waals surface area contributed by atoms with Gasteiger partial charge < -0.3 is 10.1 Å². The number of pyridine rings is 1. The fourth-order valence-electron chi connectivity index (χ4n) is 3.19. The van der Waals surface area contributed by atoms with Gasteiger partial charge in [0, 0.05) is 6.20 Å². The number of carbonyl (C=O) groups is 1. The molecular weight excluding hydrogens is 352 g/mol. The number of nitrogens with one attached hydrogen (secondary N) is 1. The van der Waals surface area contributed by atoms with Crippen molar-refractivity contribution < 1.29 is 9.53 Å². The Hall–Kier alpha value is -3.15. The number of benzene rings is 1. The van der Waals surface area contributed by atoms with E-state index in [2.05, 4.69) is 15.4 Å². The van der Waals surface area contributed by atoms with Crippen LogP contribution < -0.4 is 10.1 Å². The van der Waals surface area contributed by atoms with Gasteiger partial charge in [-0.05, 0) is 43.0 Å². The molecule has 0 saturated heterocycles. The number of nitrogens with zero attached hydrogens (tertiary/aromatic N) is 3. The van der Waals surface area contributed by atoms with Crippen LogP contribution in [0.25, 0.3) is 5.82 Å². The topological polar surface area (TPSA) is 69.0 Å². The molecule has 6 heteroatoms. The molecule has 3 rings (SSSR count). The Bertz CT molecular complexity index is 928. The van der Waals surface area contributed by atoms with Gasteiger partial charge in [0.25, 0.3) is 5.91 Å². The number of aromatic nitrogens is 3. The number of amides is 1. The zero-order valence-corrected chi connectivity index (χ0v) is 16.8. The molecule has 0 radical (unpaired) electrons. The summed E-state index contributed by atoms with van der Waals surface area (Å²) in [5, 5.41) is 7.32. The van der Waals surface area contributed by atoms with Crippen LogP contribution in [-0.2, 0) is 0 Å². The van der Waals surface area contributed by atoms with Gasteiger partial charge >= 0.3 is 0 Å². The van der Waals surface area contributed by atoms with Crippen LogP contribution in [0.2, 0.25) is 0 Å². The quantitative estimate of drug-likeness (QED) is 0.635. The van der Waals surface area contributed by atoms with Gasteiger partial charge in [0.1, 0.15) is 12.4 Å². The molecule has 1 aromatic carbocycles. The normalized spacial score (nSPS) is 10.9. The predicted molar refractivity (Wildman–Crippen MR) is 109 cm³/mol. The minimum absolute atomic E-state index is 0.121. The SMILES string of the molecule is Cc1cccc(C)c1OCCNC(=O)c1cnn(-c2ccccn2)c1C(C)C. The molecule has 146 valence electrons. The molecule has 0 spiro atoms. The van der Waals surface area contributed by atoms with E-state index in [1.54, 1.807) is 17.1 Å². The van der Waals surface area contributed by atoms with E-state index in [-0.39, 0.29) is 11.8 Å². The maximum absolute atomic E-state index is 12.7. The molecule has 0 saturated carbocycles. The zero-order valence-electron chi connectivity index (χ0n) is 16.8. The lowest BCUT2D eigenvalue weighted by Gasteiger charge is -2.14. The highest BCUT2D eigenvalue weighted by Crippen LogP contribution is 2.23. The third-order valence-corrected chi connectivity index (χ3v) is 4.51. The molecule has 0 atom stereocenters. The first-order valence-corrected chi connectivity index (χ1v) is 9.45. The molecule has 0 aliphatic heterocycles. The van der Waals surface area contributed by atoms with E-state index in [1.807, 2.05) is 64.1 Å². The summed E-state index contributed by atoms with van der Waals surface area (Å²) in [6, 6.07) is 11.7. The molecule has 2 heterocycles. The standard InChI is InChI=1S/C22H26N4O2/c1-15(2)20-18(14-25-26(20)19-10-5-6-11-23-19)22(27)24-12-13-28-21-16(3)8-7-9-17(21)4/h5-11,14-15H,12-13H2,1-4H3,(H,24,27). The van der Waals surface area contributed by atoms with Gasteiger partial charge in [-0.3, -0.25) is 4.79 Å². The minimum Gasteiger partial charge on any atom is -0.491 e. The summed E-state index contributed by atoms with van der Waals surface area (Å²) in [6.07, 6.45) is 3.32. The van der Waals surface area contributed by atoms with E-state index >= 15 is 0 Å². The van der Waals surface area contributed by atoms with Crippen molar-refractivity contribution >= 4 is 5.91 Å². The second-order valence-electron chi connectivity index (χ2n) is 7.02. The van der Waals surface area contributed by atoms with Gasteiger partial charge in [-0.15, -0.1) is 0 Å². The number of ether oxygens (including phenoxy) is 1. The van der Waals surface area contributed by atoms with Gasteiger partial charge in [-0.1, -0.05) is 38.1 Å². The summed E-state index contributed by atoms with van der Waals surface area (Å²) in [4.78, 5) is 17.1. The van der Waals surface area contributed by atoms with E-state index in [4.69, 9.17) is 4.74 Å². The van der Waals surface area contributed by atoms with Crippen molar-refractivity contribution in [2.45, 2.75) is 33.6 Å². The molecule has 28 heavy (non-hydrogen) atoms. The van der Waals surface area contributed by atoms with E-state index < -0.39 is 0 Å². The molecule has 1 N–H and O–H groups in total. The van der Waals surface area contributed by atoms with Crippen LogP contribution in [0.15, 0.2) is 48.8 Å². The Kier molecular flexibility index (Phi) is 6.09. The summed E-state index contributed by atoms with van der Waals surface area (Å²) in [7, 11) is 0.